The van der Waals surface area contributed by atoms with Gasteiger partial charge in [-0.25, -0.2) is 9.97 Å². The lowest BCUT2D eigenvalue weighted by molar-refractivity contribution is 0.405. The van der Waals surface area contributed by atoms with Crippen LogP contribution >= 0.6 is 0 Å². The fourth-order valence-electron chi connectivity index (χ4n) is 2.54. The minimum absolute atomic E-state index is 0.733. The van der Waals surface area contributed by atoms with Gasteiger partial charge in [0.25, 0.3) is 0 Å². The normalized spacial score (nSPS) is 19.0. The number of rotatable bonds is 5. The highest BCUT2D eigenvalue weighted by Gasteiger charge is 2.20. The van der Waals surface area contributed by atoms with E-state index in [1.807, 2.05) is 0 Å². The summed E-state index contributed by atoms with van der Waals surface area (Å²) in [5.41, 5.74) is 2.66. The molecule has 1 aromatic rings. The van der Waals surface area contributed by atoms with Gasteiger partial charge >= 0.3 is 0 Å². The van der Waals surface area contributed by atoms with E-state index in [0.717, 1.165) is 50.0 Å². The second kappa shape index (κ2) is 6.28. The molecule has 0 saturated heterocycles. The molecule has 1 aromatic heterocycles. The zero-order valence-electron chi connectivity index (χ0n) is 11.9. The summed E-state index contributed by atoms with van der Waals surface area (Å²) in [5, 5.41) is 3.57. The lowest BCUT2D eigenvalue weighted by Gasteiger charge is -2.24. The van der Waals surface area contributed by atoms with E-state index in [4.69, 9.17) is 0 Å². The van der Waals surface area contributed by atoms with Gasteiger partial charge in [0.15, 0.2) is 0 Å². The van der Waals surface area contributed by atoms with Gasteiger partial charge in [0, 0.05) is 18.3 Å². The average Bonchev–Trinajstić information content (AvgIpc) is 2.37. The molecule has 2 rings (SSSR count). The first kappa shape index (κ1) is 13.5. The van der Waals surface area contributed by atoms with Crippen molar-refractivity contribution < 1.29 is 0 Å². The predicted octanol–water partition coefficient (Wildman–Crippen LogP) is 2.39. The molecule has 0 radical (unpaired) electrons. The Morgan fingerprint density at radius 3 is 3.00 bits per heavy atom. The Morgan fingerprint density at radius 1 is 1.44 bits per heavy atom. The zero-order valence-corrected chi connectivity index (χ0v) is 11.9. The monoisotopic (exact) mass is 247 g/mol. The average molecular weight is 247 g/mol. The van der Waals surface area contributed by atoms with Crippen molar-refractivity contribution in [1.82, 2.24) is 15.3 Å². The molecule has 18 heavy (non-hydrogen) atoms. The maximum atomic E-state index is 4.64. The summed E-state index contributed by atoms with van der Waals surface area (Å²) in [6, 6.07) is 0. The molecule has 0 aliphatic heterocycles. The summed E-state index contributed by atoms with van der Waals surface area (Å²) >= 11 is 0. The van der Waals surface area contributed by atoms with Crippen molar-refractivity contribution >= 4 is 0 Å². The SMILES string of the molecule is CCc1ncc2c(n1)CCC(CNCC(C)C)C2. The van der Waals surface area contributed by atoms with E-state index >= 15 is 0 Å². The Balaban J connectivity index is 1.90. The summed E-state index contributed by atoms with van der Waals surface area (Å²) in [6.07, 6.45) is 6.52. The van der Waals surface area contributed by atoms with Crippen LogP contribution in [-0.2, 0) is 19.3 Å². The van der Waals surface area contributed by atoms with Crippen LogP contribution in [0.3, 0.4) is 0 Å². The van der Waals surface area contributed by atoms with Gasteiger partial charge in [-0.1, -0.05) is 20.8 Å². The highest BCUT2D eigenvalue weighted by atomic mass is 14.9. The van der Waals surface area contributed by atoms with Crippen LogP contribution in [0.4, 0.5) is 0 Å². The number of aromatic nitrogens is 2. The molecule has 0 fully saturated rings. The van der Waals surface area contributed by atoms with Crippen molar-refractivity contribution in [3.05, 3.63) is 23.3 Å². The molecule has 1 aliphatic carbocycles. The highest BCUT2D eigenvalue weighted by molar-refractivity contribution is 5.21. The van der Waals surface area contributed by atoms with E-state index in [1.165, 1.54) is 17.7 Å². The van der Waals surface area contributed by atoms with E-state index in [0.29, 0.717) is 0 Å². The third-order valence-corrected chi connectivity index (χ3v) is 3.60. The fourth-order valence-corrected chi connectivity index (χ4v) is 2.54. The maximum Gasteiger partial charge on any atom is 0.128 e. The molecule has 100 valence electrons. The van der Waals surface area contributed by atoms with Crippen LogP contribution in [0.5, 0.6) is 0 Å². The molecule has 1 heterocycles. The number of hydrogen-bond donors (Lipinski definition) is 1. The molecule has 0 bridgehead atoms. The second-order valence-corrected chi connectivity index (χ2v) is 5.77. The molecular weight excluding hydrogens is 222 g/mol. The van der Waals surface area contributed by atoms with Crippen molar-refractivity contribution in [3.8, 4) is 0 Å². The molecule has 1 unspecified atom stereocenters. The van der Waals surface area contributed by atoms with Crippen molar-refractivity contribution in [2.75, 3.05) is 13.1 Å². The lowest BCUT2D eigenvalue weighted by Crippen LogP contribution is -2.30. The molecule has 1 N–H and O–H groups in total. The van der Waals surface area contributed by atoms with Crippen LogP contribution in [0.2, 0.25) is 0 Å². The van der Waals surface area contributed by atoms with E-state index in [-0.39, 0.29) is 0 Å². The molecule has 1 aliphatic rings. The Bertz CT molecular complexity index is 387. The van der Waals surface area contributed by atoms with Crippen LogP contribution in [0.25, 0.3) is 0 Å². The Labute approximate surface area is 110 Å². The van der Waals surface area contributed by atoms with E-state index in [2.05, 4.69) is 42.3 Å². The molecular formula is C15H25N3. The third-order valence-electron chi connectivity index (χ3n) is 3.60. The van der Waals surface area contributed by atoms with Gasteiger partial charge in [-0.3, -0.25) is 0 Å². The number of nitrogens with zero attached hydrogens (tertiary/aromatic N) is 2. The van der Waals surface area contributed by atoms with E-state index in [9.17, 15) is 0 Å². The Hall–Kier alpha value is -0.960. The molecule has 3 heteroatoms. The zero-order chi connectivity index (χ0) is 13.0. The van der Waals surface area contributed by atoms with E-state index < -0.39 is 0 Å². The van der Waals surface area contributed by atoms with Crippen LogP contribution in [0, 0.1) is 11.8 Å². The summed E-state index contributed by atoms with van der Waals surface area (Å²) in [4.78, 5) is 9.07. The first-order chi connectivity index (χ1) is 8.69. The summed E-state index contributed by atoms with van der Waals surface area (Å²) in [5.74, 6) is 2.48. The number of nitrogens with one attached hydrogen (secondary N) is 1. The number of hydrogen-bond acceptors (Lipinski definition) is 3. The van der Waals surface area contributed by atoms with Crippen LogP contribution < -0.4 is 5.32 Å². The van der Waals surface area contributed by atoms with Gasteiger partial charge in [-0.15, -0.1) is 0 Å². The molecule has 3 nitrogen and oxygen atoms in total. The van der Waals surface area contributed by atoms with Gasteiger partial charge < -0.3 is 5.32 Å². The van der Waals surface area contributed by atoms with Gasteiger partial charge in [-0.2, -0.15) is 0 Å². The standard InChI is InChI=1S/C15H25N3/c1-4-15-17-10-13-7-12(5-6-14(13)18-15)9-16-8-11(2)3/h10-12,16H,4-9H2,1-3H3. The highest BCUT2D eigenvalue weighted by Crippen LogP contribution is 2.23. The lowest BCUT2D eigenvalue weighted by atomic mass is 9.87. The van der Waals surface area contributed by atoms with Crippen molar-refractivity contribution in [1.29, 1.82) is 0 Å². The Morgan fingerprint density at radius 2 is 2.28 bits per heavy atom. The first-order valence-corrected chi connectivity index (χ1v) is 7.23. The summed E-state index contributed by atoms with van der Waals surface area (Å²) < 4.78 is 0. The largest absolute Gasteiger partial charge is 0.316 e. The topological polar surface area (TPSA) is 37.8 Å². The van der Waals surface area contributed by atoms with Gasteiger partial charge in [0.2, 0.25) is 0 Å². The minimum Gasteiger partial charge on any atom is -0.316 e. The third kappa shape index (κ3) is 3.52. The molecule has 0 saturated carbocycles. The quantitative estimate of drug-likeness (QED) is 0.868. The molecule has 0 aromatic carbocycles. The fraction of sp³-hybridized carbons (Fsp3) is 0.733. The van der Waals surface area contributed by atoms with Crippen molar-refractivity contribution in [2.45, 2.75) is 46.5 Å². The molecule has 1 atom stereocenters. The minimum atomic E-state index is 0.733. The van der Waals surface area contributed by atoms with Crippen LogP contribution in [-0.4, -0.2) is 23.1 Å². The van der Waals surface area contributed by atoms with Crippen LogP contribution in [0.15, 0.2) is 6.20 Å². The van der Waals surface area contributed by atoms with E-state index in [1.54, 1.807) is 0 Å². The Kier molecular flexibility index (Phi) is 4.70. The van der Waals surface area contributed by atoms with Crippen molar-refractivity contribution in [2.24, 2.45) is 11.8 Å². The maximum absolute atomic E-state index is 4.64. The summed E-state index contributed by atoms with van der Waals surface area (Å²) in [6.45, 7) is 8.87. The number of fused-ring (bicyclic) bond motifs is 1. The van der Waals surface area contributed by atoms with Gasteiger partial charge in [-0.05, 0) is 49.8 Å². The van der Waals surface area contributed by atoms with Gasteiger partial charge in [0.05, 0.1) is 0 Å². The first-order valence-electron chi connectivity index (χ1n) is 7.23. The predicted molar refractivity (Wildman–Crippen MR) is 74.6 cm³/mol. The van der Waals surface area contributed by atoms with Gasteiger partial charge in [0.1, 0.15) is 5.82 Å². The molecule has 0 amide bonds. The summed E-state index contributed by atoms with van der Waals surface area (Å²) in [7, 11) is 0. The van der Waals surface area contributed by atoms with Crippen LogP contribution in [0.1, 0.15) is 44.3 Å². The second-order valence-electron chi connectivity index (χ2n) is 5.77. The number of aryl methyl sites for hydroxylation is 2. The van der Waals surface area contributed by atoms with Crippen molar-refractivity contribution in [3.63, 3.8) is 0 Å². The molecule has 0 spiro atoms. The smallest absolute Gasteiger partial charge is 0.128 e.